The highest BCUT2D eigenvalue weighted by Crippen LogP contribution is 2.12. The van der Waals surface area contributed by atoms with Crippen molar-refractivity contribution in [1.82, 2.24) is 15.5 Å². The maximum absolute atomic E-state index is 12.0. The fourth-order valence-electron chi connectivity index (χ4n) is 2.37. The second-order valence-corrected chi connectivity index (χ2v) is 5.56. The van der Waals surface area contributed by atoms with Crippen molar-refractivity contribution in [3.8, 4) is 0 Å². The molecule has 0 aromatic rings. The van der Waals surface area contributed by atoms with Crippen LogP contribution in [0.2, 0.25) is 0 Å². The Morgan fingerprint density at radius 1 is 1.25 bits per heavy atom. The highest BCUT2D eigenvalue weighted by atomic mass is 35.5. The van der Waals surface area contributed by atoms with Crippen molar-refractivity contribution in [3.63, 3.8) is 0 Å². The van der Waals surface area contributed by atoms with Crippen molar-refractivity contribution in [2.45, 2.75) is 58.0 Å². The topological polar surface area (TPSA) is 61.4 Å². The number of piperidine rings is 1. The predicted molar refractivity (Wildman–Crippen MR) is 83.0 cm³/mol. The van der Waals surface area contributed by atoms with Gasteiger partial charge in [-0.2, -0.15) is 0 Å². The van der Waals surface area contributed by atoms with E-state index in [1.54, 1.807) is 0 Å². The minimum absolute atomic E-state index is 0. The van der Waals surface area contributed by atoms with Crippen molar-refractivity contribution in [1.29, 1.82) is 0 Å². The van der Waals surface area contributed by atoms with Gasteiger partial charge in [-0.05, 0) is 46.2 Å². The molecule has 6 heteroatoms. The number of amides is 2. The molecule has 1 aliphatic heterocycles. The van der Waals surface area contributed by atoms with Crippen LogP contribution in [0.1, 0.15) is 46.0 Å². The molecule has 1 heterocycles. The van der Waals surface area contributed by atoms with E-state index in [1.807, 2.05) is 25.8 Å². The molecule has 0 aromatic carbocycles. The van der Waals surface area contributed by atoms with Crippen LogP contribution in [0.25, 0.3) is 0 Å². The third kappa shape index (κ3) is 7.10. The monoisotopic (exact) mass is 305 g/mol. The molecule has 1 aliphatic rings. The van der Waals surface area contributed by atoms with Gasteiger partial charge in [0.1, 0.15) is 0 Å². The number of nitrogens with zero attached hydrogens (tertiary/aromatic N) is 1. The zero-order valence-electron chi connectivity index (χ0n) is 12.8. The van der Waals surface area contributed by atoms with Crippen molar-refractivity contribution < 1.29 is 9.59 Å². The van der Waals surface area contributed by atoms with E-state index < -0.39 is 0 Å². The largest absolute Gasteiger partial charge is 0.354 e. The molecule has 2 amide bonds. The summed E-state index contributed by atoms with van der Waals surface area (Å²) in [4.78, 5) is 25.3. The minimum Gasteiger partial charge on any atom is -0.354 e. The predicted octanol–water partition coefficient (Wildman–Crippen LogP) is 1.31. The van der Waals surface area contributed by atoms with Crippen LogP contribution in [0.4, 0.5) is 0 Å². The third-order valence-electron chi connectivity index (χ3n) is 3.49. The van der Waals surface area contributed by atoms with Crippen molar-refractivity contribution in [2.24, 2.45) is 0 Å². The average molecular weight is 306 g/mol. The molecule has 0 atom stereocenters. The molecule has 5 nitrogen and oxygen atoms in total. The molecular formula is C14H28ClN3O2. The zero-order chi connectivity index (χ0) is 14.3. The van der Waals surface area contributed by atoms with Crippen molar-refractivity contribution in [3.05, 3.63) is 0 Å². The van der Waals surface area contributed by atoms with Crippen molar-refractivity contribution >= 4 is 24.2 Å². The van der Waals surface area contributed by atoms with Crippen LogP contribution in [0, 0.1) is 0 Å². The summed E-state index contributed by atoms with van der Waals surface area (Å²) < 4.78 is 0. The summed E-state index contributed by atoms with van der Waals surface area (Å²) in [6.07, 6.45) is 3.58. The van der Waals surface area contributed by atoms with Crippen molar-refractivity contribution in [2.75, 3.05) is 20.1 Å². The summed E-state index contributed by atoms with van der Waals surface area (Å²) in [6, 6.07) is 0.527. The number of carbonyl (C=O) groups is 2. The van der Waals surface area contributed by atoms with Crippen LogP contribution in [0.3, 0.4) is 0 Å². The Morgan fingerprint density at radius 2 is 1.85 bits per heavy atom. The summed E-state index contributed by atoms with van der Waals surface area (Å²) in [6.45, 7) is 5.85. The molecular weight excluding hydrogens is 278 g/mol. The number of carbonyl (C=O) groups excluding carboxylic acids is 2. The summed E-state index contributed by atoms with van der Waals surface area (Å²) in [5, 5.41) is 6.13. The lowest BCUT2D eigenvalue weighted by Gasteiger charge is -2.31. The highest BCUT2D eigenvalue weighted by Gasteiger charge is 2.21. The van der Waals surface area contributed by atoms with E-state index >= 15 is 0 Å². The fraction of sp³-hybridized carbons (Fsp3) is 0.857. The van der Waals surface area contributed by atoms with Gasteiger partial charge in [-0.25, -0.2) is 0 Å². The Morgan fingerprint density at radius 3 is 2.40 bits per heavy atom. The molecule has 0 aliphatic carbocycles. The molecule has 1 saturated heterocycles. The lowest BCUT2D eigenvalue weighted by atomic mass is 10.0. The molecule has 2 N–H and O–H groups in total. The first kappa shape index (κ1) is 19.2. The van der Waals surface area contributed by atoms with Gasteiger partial charge < -0.3 is 15.5 Å². The van der Waals surface area contributed by atoms with E-state index in [0.717, 1.165) is 25.9 Å². The fourth-order valence-corrected chi connectivity index (χ4v) is 2.37. The van der Waals surface area contributed by atoms with E-state index in [9.17, 15) is 9.59 Å². The molecule has 0 radical (unpaired) electrons. The molecule has 118 valence electrons. The van der Waals surface area contributed by atoms with Gasteiger partial charge in [0.2, 0.25) is 11.8 Å². The third-order valence-corrected chi connectivity index (χ3v) is 3.49. The normalized spacial score (nSPS) is 15.6. The standard InChI is InChI=1S/C14H27N3O2.ClH/c1-11(2)16-13(18)5-4-6-14(19)17(3)12-7-9-15-10-8-12;/h11-12,15H,4-10H2,1-3H3,(H,16,18);1H. The number of hydrogen-bond donors (Lipinski definition) is 2. The van der Waals surface area contributed by atoms with Crippen LogP contribution in [0.5, 0.6) is 0 Å². The van der Waals surface area contributed by atoms with Crippen LogP contribution >= 0.6 is 12.4 Å². The van der Waals surface area contributed by atoms with Gasteiger partial charge in [0, 0.05) is 32.0 Å². The first-order valence-electron chi connectivity index (χ1n) is 7.26. The van der Waals surface area contributed by atoms with Crippen LogP contribution in [-0.2, 0) is 9.59 Å². The van der Waals surface area contributed by atoms with E-state index in [4.69, 9.17) is 0 Å². The van der Waals surface area contributed by atoms with Gasteiger partial charge in [0.15, 0.2) is 0 Å². The molecule has 0 saturated carbocycles. The number of nitrogens with one attached hydrogen (secondary N) is 2. The van der Waals surface area contributed by atoms with Gasteiger partial charge in [-0.15, -0.1) is 12.4 Å². The second kappa shape index (κ2) is 10.00. The Labute approximate surface area is 128 Å². The first-order valence-corrected chi connectivity index (χ1v) is 7.26. The SMILES string of the molecule is CC(C)NC(=O)CCCC(=O)N(C)C1CCNCC1.Cl. The van der Waals surface area contributed by atoms with E-state index in [0.29, 0.717) is 25.3 Å². The zero-order valence-corrected chi connectivity index (χ0v) is 13.6. The number of rotatable bonds is 6. The Bertz CT molecular complexity index is 305. The molecule has 0 aromatic heterocycles. The summed E-state index contributed by atoms with van der Waals surface area (Å²) >= 11 is 0. The lowest BCUT2D eigenvalue weighted by molar-refractivity contribution is -0.132. The smallest absolute Gasteiger partial charge is 0.222 e. The molecule has 1 fully saturated rings. The summed E-state index contributed by atoms with van der Waals surface area (Å²) in [7, 11) is 1.88. The van der Waals surface area contributed by atoms with E-state index in [2.05, 4.69) is 10.6 Å². The van der Waals surface area contributed by atoms with Gasteiger partial charge in [-0.1, -0.05) is 0 Å². The summed E-state index contributed by atoms with van der Waals surface area (Å²) in [5.74, 6) is 0.191. The van der Waals surface area contributed by atoms with Gasteiger partial charge in [0.05, 0.1) is 0 Å². The Kier molecular flexibility index (Phi) is 9.59. The Balaban J connectivity index is 0.00000361. The highest BCUT2D eigenvalue weighted by molar-refractivity contribution is 5.85. The first-order chi connectivity index (χ1) is 9.00. The number of hydrogen-bond acceptors (Lipinski definition) is 3. The molecule has 0 spiro atoms. The van der Waals surface area contributed by atoms with Crippen LogP contribution in [0.15, 0.2) is 0 Å². The minimum atomic E-state index is 0. The maximum Gasteiger partial charge on any atom is 0.222 e. The van der Waals surface area contributed by atoms with Gasteiger partial charge >= 0.3 is 0 Å². The molecule has 20 heavy (non-hydrogen) atoms. The average Bonchev–Trinajstić information content (AvgIpc) is 2.37. The molecule has 1 rings (SSSR count). The lowest BCUT2D eigenvalue weighted by Crippen LogP contribution is -2.43. The van der Waals surface area contributed by atoms with E-state index in [1.165, 1.54) is 0 Å². The maximum atomic E-state index is 12.0. The number of halogens is 1. The van der Waals surface area contributed by atoms with E-state index in [-0.39, 0.29) is 30.3 Å². The van der Waals surface area contributed by atoms with Crippen LogP contribution < -0.4 is 10.6 Å². The second-order valence-electron chi connectivity index (χ2n) is 5.56. The Hall–Kier alpha value is -0.810. The molecule has 0 bridgehead atoms. The summed E-state index contributed by atoms with van der Waals surface area (Å²) in [5.41, 5.74) is 0. The van der Waals surface area contributed by atoms with Gasteiger partial charge in [0.25, 0.3) is 0 Å². The molecule has 0 unspecified atom stereocenters. The van der Waals surface area contributed by atoms with Gasteiger partial charge in [-0.3, -0.25) is 9.59 Å². The quantitative estimate of drug-likeness (QED) is 0.778. The van der Waals surface area contributed by atoms with Crippen LogP contribution in [-0.4, -0.2) is 48.9 Å².